The Morgan fingerprint density at radius 1 is 1.50 bits per heavy atom. The van der Waals surface area contributed by atoms with Crippen molar-refractivity contribution in [2.45, 2.75) is 25.9 Å². The zero-order valence-corrected chi connectivity index (χ0v) is 11.6. The van der Waals surface area contributed by atoms with Crippen LogP contribution in [0.15, 0.2) is 29.0 Å². The van der Waals surface area contributed by atoms with Crippen LogP contribution in [0, 0.1) is 5.82 Å². The maximum Gasteiger partial charge on any atom is 0.138 e. The summed E-state index contributed by atoms with van der Waals surface area (Å²) in [6.45, 7) is 2.70. The first-order chi connectivity index (χ1) is 8.63. The van der Waals surface area contributed by atoms with Gasteiger partial charge in [0.25, 0.3) is 0 Å². The second-order valence-electron chi connectivity index (χ2n) is 3.94. The minimum absolute atomic E-state index is 0.306. The highest BCUT2D eigenvalue weighted by Crippen LogP contribution is 2.26. The molecular weight excluding hydrogens is 299 g/mol. The lowest BCUT2D eigenvalue weighted by Crippen LogP contribution is -2.18. The molecule has 0 fully saturated rings. The van der Waals surface area contributed by atoms with E-state index in [1.165, 1.54) is 12.4 Å². The summed E-state index contributed by atoms with van der Waals surface area (Å²) in [5.74, 6) is 0.458. The van der Waals surface area contributed by atoms with Gasteiger partial charge in [0.05, 0.1) is 0 Å². The quantitative estimate of drug-likeness (QED) is 0.943. The van der Waals surface area contributed by atoms with Crippen LogP contribution in [0.2, 0.25) is 0 Å². The molecule has 1 atom stereocenters. The van der Waals surface area contributed by atoms with E-state index in [2.05, 4.69) is 26.0 Å². The molecular formula is C12H14BrFN4. The highest BCUT2D eigenvalue weighted by molar-refractivity contribution is 9.10. The number of halogens is 2. The number of nitrogens with two attached hydrogens (primary N) is 1. The third kappa shape index (κ3) is 2.59. The van der Waals surface area contributed by atoms with Crippen LogP contribution in [-0.2, 0) is 13.0 Å². The third-order valence-corrected chi connectivity index (χ3v) is 3.46. The summed E-state index contributed by atoms with van der Waals surface area (Å²) < 4.78 is 16.2. The molecule has 0 aliphatic heterocycles. The van der Waals surface area contributed by atoms with Crippen molar-refractivity contribution in [2.75, 3.05) is 0 Å². The highest BCUT2D eigenvalue weighted by Gasteiger charge is 2.17. The molecule has 0 radical (unpaired) electrons. The van der Waals surface area contributed by atoms with Crippen LogP contribution in [0.5, 0.6) is 0 Å². The number of hydrogen-bond donors (Lipinski definition) is 1. The minimum Gasteiger partial charge on any atom is -0.323 e. The Hall–Kier alpha value is -1.27. The van der Waals surface area contributed by atoms with Gasteiger partial charge < -0.3 is 5.73 Å². The molecule has 18 heavy (non-hydrogen) atoms. The summed E-state index contributed by atoms with van der Waals surface area (Å²) in [4.78, 5) is 4.15. The molecule has 1 heterocycles. The van der Waals surface area contributed by atoms with Crippen molar-refractivity contribution < 1.29 is 4.39 Å². The Balaban J connectivity index is 2.25. The lowest BCUT2D eigenvalue weighted by Gasteiger charge is -2.14. The number of aryl methyl sites for hydroxylation is 1. The molecule has 1 aromatic carbocycles. The van der Waals surface area contributed by atoms with Gasteiger partial charge in [-0.25, -0.2) is 9.37 Å². The first-order valence-corrected chi connectivity index (χ1v) is 6.49. The average Bonchev–Trinajstić information content (AvgIpc) is 2.76. The fourth-order valence-electron chi connectivity index (χ4n) is 1.87. The van der Waals surface area contributed by atoms with Gasteiger partial charge in [0, 0.05) is 29.0 Å². The molecule has 0 aliphatic rings. The Kier molecular flexibility index (Phi) is 4.08. The first-order valence-electron chi connectivity index (χ1n) is 5.69. The van der Waals surface area contributed by atoms with Gasteiger partial charge in [-0.1, -0.05) is 22.0 Å². The van der Waals surface area contributed by atoms with Crippen LogP contribution in [0.3, 0.4) is 0 Å². The van der Waals surface area contributed by atoms with Crippen molar-refractivity contribution in [1.29, 1.82) is 0 Å². The van der Waals surface area contributed by atoms with Crippen molar-refractivity contribution in [1.82, 2.24) is 14.8 Å². The normalized spacial score (nSPS) is 12.7. The molecule has 0 bridgehead atoms. The van der Waals surface area contributed by atoms with Crippen molar-refractivity contribution in [3.05, 3.63) is 46.2 Å². The number of aromatic nitrogens is 3. The summed E-state index contributed by atoms with van der Waals surface area (Å²) in [6, 6.07) is 4.38. The van der Waals surface area contributed by atoms with Gasteiger partial charge in [0.2, 0.25) is 0 Å². The highest BCUT2D eigenvalue weighted by atomic mass is 79.9. The minimum atomic E-state index is -0.449. The molecule has 6 heteroatoms. The number of hydrogen-bond acceptors (Lipinski definition) is 3. The summed E-state index contributed by atoms with van der Waals surface area (Å²) in [6.07, 6.45) is 1.94. The molecule has 2 aromatic rings. The van der Waals surface area contributed by atoms with E-state index >= 15 is 0 Å². The molecule has 2 N–H and O–H groups in total. The second-order valence-corrected chi connectivity index (χ2v) is 4.79. The maximum atomic E-state index is 13.8. The summed E-state index contributed by atoms with van der Waals surface area (Å²) in [5, 5.41) is 4.07. The fourth-order valence-corrected chi connectivity index (χ4v) is 2.51. The Bertz CT molecular complexity index is 520. The molecule has 96 valence electrons. The van der Waals surface area contributed by atoms with Crippen molar-refractivity contribution in [2.24, 2.45) is 5.73 Å². The van der Waals surface area contributed by atoms with Gasteiger partial charge in [-0.15, -0.1) is 0 Å². The van der Waals surface area contributed by atoms with Crippen LogP contribution < -0.4 is 5.73 Å². The van der Waals surface area contributed by atoms with E-state index in [0.717, 1.165) is 12.4 Å². The molecule has 4 nitrogen and oxygen atoms in total. The summed E-state index contributed by atoms with van der Waals surface area (Å²) >= 11 is 3.32. The van der Waals surface area contributed by atoms with E-state index in [1.54, 1.807) is 16.8 Å². The van der Waals surface area contributed by atoms with Crippen LogP contribution in [0.4, 0.5) is 4.39 Å². The molecule has 0 amide bonds. The van der Waals surface area contributed by atoms with Gasteiger partial charge >= 0.3 is 0 Å². The number of rotatable bonds is 4. The molecule has 0 aliphatic carbocycles. The largest absolute Gasteiger partial charge is 0.323 e. The van der Waals surface area contributed by atoms with Crippen LogP contribution in [0.1, 0.15) is 24.4 Å². The summed E-state index contributed by atoms with van der Waals surface area (Å²) in [5.41, 5.74) is 6.54. The lowest BCUT2D eigenvalue weighted by atomic mass is 10.0. The lowest BCUT2D eigenvalue weighted by molar-refractivity contribution is 0.548. The first kappa shape index (κ1) is 13.2. The zero-order chi connectivity index (χ0) is 13.1. The van der Waals surface area contributed by atoms with Crippen LogP contribution in [-0.4, -0.2) is 14.8 Å². The average molecular weight is 313 g/mol. The third-order valence-electron chi connectivity index (χ3n) is 2.77. The number of nitrogens with zero attached hydrogens (tertiary/aromatic N) is 3. The van der Waals surface area contributed by atoms with E-state index in [0.29, 0.717) is 16.5 Å². The monoisotopic (exact) mass is 312 g/mol. The van der Waals surface area contributed by atoms with Crippen LogP contribution in [0.25, 0.3) is 0 Å². The van der Waals surface area contributed by atoms with E-state index in [9.17, 15) is 4.39 Å². The van der Waals surface area contributed by atoms with Crippen molar-refractivity contribution >= 4 is 15.9 Å². The van der Waals surface area contributed by atoms with Crippen LogP contribution >= 0.6 is 15.9 Å². The topological polar surface area (TPSA) is 56.7 Å². The second kappa shape index (κ2) is 5.58. The van der Waals surface area contributed by atoms with E-state index in [-0.39, 0.29) is 5.82 Å². The fraction of sp³-hybridized carbons (Fsp3) is 0.333. The van der Waals surface area contributed by atoms with Gasteiger partial charge in [-0.2, -0.15) is 5.10 Å². The van der Waals surface area contributed by atoms with E-state index in [1.807, 2.05) is 6.92 Å². The summed E-state index contributed by atoms with van der Waals surface area (Å²) in [7, 11) is 0. The van der Waals surface area contributed by atoms with Crippen molar-refractivity contribution in [3.8, 4) is 0 Å². The van der Waals surface area contributed by atoms with Crippen molar-refractivity contribution in [3.63, 3.8) is 0 Å². The predicted molar refractivity (Wildman–Crippen MR) is 70.4 cm³/mol. The molecule has 0 saturated carbocycles. The SMILES string of the molecule is CCn1ncnc1CC(N)c1c(F)cccc1Br. The smallest absolute Gasteiger partial charge is 0.138 e. The maximum absolute atomic E-state index is 13.8. The standard InChI is InChI=1S/C12H14BrFN4/c1-2-18-11(16-7-17-18)6-10(15)12-8(13)4-3-5-9(12)14/h3-5,7,10H,2,6,15H2,1H3. The molecule has 0 saturated heterocycles. The number of benzene rings is 1. The molecule has 0 spiro atoms. The predicted octanol–water partition coefficient (Wildman–Crippen LogP) is 2.44. The molecule has 2 rings (SSSR count). The van der Waals surface area contributed by atoms with E-state index in [4.69, 9.17) is 5.73 Å². The van der Waals surface area contributed by atoms with Gasteiger partial charge in [0.1, 0.15) is 18.0 Å². The Morgan fingerprint density at radius 2 is 2.28 bits per heavy atom. The molecule has 1 unspecified atom stereocenters. The van der Waals surface area contributed by atoms with E-state index < -0.39 is 6.04 Å². The Labute approximate surface area is 113 Å². The Morgan fingerprint density at radius 3 is 2.94 bits per heavy atom. The van der Waals surface area contributed by atoms with Gasteiger partial charge in [-0.3, -0.25) is 4.68 Å². The molecule has 1 aromatic heterocycles. The van der Waals surface area contributed by atoms with Gasteiger partial charge in [0.15, 0.2) is 0 Å². The van der Waals surface area contributed by atoms with Gasteiger partial charge in [-0.05, 0) is 19.1 Å². The zero-order valence-electron chi connectivity index (χ0n) is 9.98.